The second-order valence-electron chi connectivity index (χ2n) is 5.77. The van der Waals surface area contributed by atoms with E-state index >= 15 is 0 Å². The summed E-state index contributed by atoms with van der Waals surface area (Å²) in [6.45, 7) is 0.757. The lowest BCUT2D eigenvalue weighted by atomic mass is 10.0. The summed E-state index contributed by atoms with van der Waals surface area (Å²) >= 11 is 12.1. The Morgan fingerprint density at radius 3 is 2.38 bits per heavy atom. The van der Waals surface area contributed by atoms with Gasteiger partial charge in [-0.2, -0.15) is 4.31 Å². The zero-order valence-corrected chi connectivity index (χ0v) is 13.8. The van der Waals surface area contributed by atoms with Crippen molar-refractivity contribution >= 4 is 33.2 Å². The Hall–Kier alpha value is -0.330. The van der Waals surface area contributed by atoms with E-state index in [1.807, 2.05) is 0 Å². The number of rotatable bonds is 3. The predicted octanol–water partition coefficient (Wildman–Crippen LogP) is 2.91. The lowest BCUT2D eigenvalue weighted by molar-refractivity contribution is 0.281. The van der Waals surface area contributed by atoms with E-state index in [9.17, 15) is 13.5 Å². The summed E-state index contributed by atoms with van der Waals surface area (Å²) in [5, 5.41) is 9.62. The molecule has 0 bridgehead atoms. The third-order valence-electron chi connectivity index (χ3n) is 4.62. The summed E-state index contributed by atoms with van der Waals surface area (Å²) in [4.78, 5) is 0.0394. The number of aliphatic hydroxyl groups excluding tert-OH is 1. The molecule has 0 amide bonds. The van der Waals surface area contributed by atoms with Crippen LogP contribution in [0, 0.1) is 11.8 Å². The number of hydrogen-bond acceptors (Lipinski definition) is 3. The minimum atomic E-state index is -3.63. The number of fused-ring (bicyclic) bond motifs is 1. The molecule has 0 aromatic heterocycles. The van der Waals surface area contributed by atoms with Crippen molar-refractivity contribution in [2.24, 2.45) is 11.8 Å². The van der Waals surface area contributed by atoms with Crippen LogP contribution in [0.4, 0.5) is 0 Å². The van der Waals surface area contributed by atoms with Crippen molar-refractivity contribution in [3.8, 4) is 0 Å². The van der Waals surface area contributed by atoms with Crippen molar-refractivity contribution in [3.63, 3.8) is 0 Å². The zero-order valence-electron chi connectivity index (χ0n) is 11.4. The van der Waals surface area contributed by atoms with Gasteiger partial charge in [0.05, 0.1) is 11.6 Å². The minimum Gasteiger partial charge on any atom is -0.392 e. The van der Waals surface area contributed by atoms with E-state index in [2.05, 4.69) is 0 Å². The van der Waals surface area contributed by atoms with Crippen molar-refractivity contribution in [2.45, 2.75) is 30.8 Å². The van der Waals surface area contributed by atoms with Crippen LogP contribution in [0.25, 0.3) is 0 Å². The summed E-state index contributed by atoms with van der Waals surface area (Å²) in [5.74, 6) is 0.950. The van der Waals surface area contributed by atoms with Gasteiger partial charge in [-0.15, -0.1) is 0 Å². The highest BCUT2D eigenvalue weighted by molar-refractivity contribution is 7.89. The van der Waals surface area contributed by atoms with Crippen molar-refractivity contribution in [2.75, 3.05) is 13.1 Å². The van der Waals surface area contributed by atoms with Crippen LogP contribution in [0.2, 0.25) is 10.0 Å². The summed E-state index contributed by atoms with van der Waals surface area (Å²) in [6, 6.07) is 2.90. The van der Waals surface area contributed by atoms with Gasteiger partial charge >= 0.3 is 0 Å². The molecule has 1 aliphatic carbocycles. The Labute approximate surface area is 134 Å². The van der Waals surface area contributed by atoms with Crippen LogP contribution in [0.1, 0.15) is 24.8 Å². The first-order valence-corrected chi connectivity index (χ1v) is 9.22. The van der Waals surface area contributed by atoms with Gasteiger partial charge in [-0.05, 0) is 36.8 Å². The third kappa shape index (κ3) is 2.59. The lowest BCUT2D eigenvalue weighted by Gasteiger charge is -2.19. The highest BCUT2D eigenvalue weighted by Crippen LogP contribution is 2.41. The molecule has 7 heteroatoms. The van der Waals surface area contributed by atoms with Crippen LogP contribution >= 0.6 is 23.2 Å². The largest absolute Gasteiger partial charge is 0.392 e. The normalized spacial score (nSPS) is 26.2. The van der Waals surface area contributed by atoms with Crippen molar-refractivity contribution in [1.82, 2.24) is 4.31 Å². The van der Waals surface area contributed by atoms with E-state index in [1.165, 1.54) is 22.9 Å². The van der Waals surface area contributed by atoms with Gasteiger partial charge in [-0.3, -0.25) is 0 Å². The van der Waals surface area contributed by atoms with E-state index in [-0.39, 0.29) is 27.1 Å². The molecular weight excluding hydrogens is 333 g/mol. The third-order valence-corrected chi connectivity index (χ3v) is 7.39. The monoisotopic (exact) mass is 349 g/mol. The van der Waals surface area contributed by atoms with Gasteiger partial charge in [0.1, 0.15) is 4.90 Å². The Bertz CT molecular complexity index is 650. The summed E-state index contributed by atoms with van der Waals surface area (Å²) in [7, 11) is -3.63. The average molecular weight is 350 g/mol. The number of nitrogens with zero attached hydrogens (tertiary/aromatic N) is 1. The van der Waals surface area contributed by atoms with Crippen LogP contribution in [-0.4, -0.2) is 30.9 Å². The van der Waals surface area contributed by atoms with Crippen LogP contribution in [-0.2, 0) is 16.6 Å². The van der Waals surface area contributed by atoms with E-state index in [4.69, 9.17) is 23.2 Å². The maximum atomic E-state index is 12.8. The molecule has 4 nitrogen and oxygen atoms in total. The molecule has 116 valence electrons. The van der Waals surface area contributed by atoms with Gasteiger partial charge in [0, 0.05) is 23.7 Å². The maximum Gasteiger partial charge on any atom is 0.244 e. The average Bonchev–Trinajstić information content (AvgIpc) is 2.99. The van der Waals surface area contributed by atoms with Crippen LogP contribution in [0.5, 0.6) is 0 Å². The van der Waals surface area contributed by atoms with Gasteiger partial charge in [0.15, 0.2) is 0 Å². The Morgan fingerprint density at radius 2 is 1.81 bits per heavy atom. The molecule has 21 heavy (non-hydrogen) atoms. The van der Waals surface area contributed by atoms with Gasteiger partial charge in [-0.25, -0.2) is 8.42 Å². The molecule has 2 aliphatic rings. The summed E-state index contributed by atoms with van der Waals surface area (Å²) < 4.78 is 27.1. The molecule has 1 N–H and O–H groups in total. The number of sulfonamides is 1. The lowest BCUT2D eigenvalue weighted by Crippen LogP contribution is -2.30. The first kappa shape index (κ1) is 15.6. The number of benzene rings is 1. The van der Waals surface area contributed by atoms with E-state index < -0.39 is 10.0 Å². The molecule has 0 spiro atoms. The molecule has 1 heterocycles. The molecule has 2 unspecified atom stereocenters. The zero-order chi connectivity index (χ0) is 15.2. The smallest absolute Gasteiger partial charge is 0.244 e. The fourth-order valence-corrected chi connectivity index (χ4v) is 5.87. The standard InChI is InChI=1S/C14H17Cl2NO3S/c15-12-4-5-13(14(16)11(12)8-18)21(19,20)17-6-9-2-1-3-10(9)7-17/h4-5,9-10,18H,1-3,6-8H2. The molecular formula is C14H17Cl2NO3S. The molecule has 1 aromatic carbocycles. The molecule has 1 saturated heterocycles. The Balaban J connectivity index is 1.96. The molecule has 1 aromatic rings. The van der Waals surface area contributed by atoms with E-state index in [1.54, 1.807) is 0 Å². The first-order valence-electron chi connectivity index (χ1n) is 7.03. The molecule has 0 radical (unpaired) electrons. The predicted molar refractivity (Wildman–Crippen MR) is 82.0 cm³/mol. The molecule has 3 rings (SSSR count). The Morgan fingerprint density at radius 1 is 1.19 bits per heavy atom. The number of halogens is 2. The van der Waals surface area contributed by atoms with Gasteiger partial charge in [0.2, 0.25) is 10.0 Å². The fourth-order valence-electron chi connectivity index (χ4n) is 3.45. The van der Waals surface area contributed by atoms with Crippen LogP contribution in [0.3, 0.4) is 0 Å². The van der Waals surface area contributed by atoms with Crippen molar-refractivity contribution < 1.29 is 13.5 Å². The molecule has 2 atom stereocenters. The second kappa shape index (κ2) is 5.70. The highest BCUT2D eigenvalue weighted by atomic mass is 35.5. The minimum absolute atomic E-state index is 0.0297. The van der Waals surface area contributed by atoms with Gasteiger partial charge < -0.3 is 5.11 Å². The number of hydrogen-bond donors (Lipinski definition) is 1. The van der Waals surface area contributed by atoms with E-state index in [0.29, 0.717) is 24.9 Å². The maximum absolute atomic E-state index is 12.8. The van der Waals surface area contributed by atoms with Gasteiger partial charge in [-0.1, -0.05) is 29.6 Å². The first-order chi connectivity index (χ1) is 9.95. The number of aliphatic hydroxyl groups is 1. The van der Waals surface area contributed by atoms with Crippen LogP contribution < -0.4 is 0 Å². The van der Waals surface area contributed by atoms with Crippen LogP contribution in [0.15, 0.2) is 17.0 Å². The van der Waals surface area contributed by atoms with Crippen molar-refractivity contribution in [3.05, 3.63) is 27.7 Å². The summed E-state index contributed by atoms with van der Waals surface area (Å²) in [6.07, 6.45) is 3.40. The molecule has 1 saturated carbocycles. The van der Waals surface area contributed by atoms with Gasteiger partial charge in [0.25, 0.3) is 0 Å². The SMILES string of the molecule is O=S(=O)(c1ccc(Cl)c(CO)c1Cl)N1CC2CCCC2C1. The summed E-state index contributed by atoms with van der Waals surface area (Å²) in [5.41, 5.74) is 0.263. The Kier molecular flexibility index (Phi) is 4.23. The van der Waals surface area contributed by atoms with E-state index in [0.717, 1.165) is 12.8 Å². The fraction of sp³-hybridized carbons (Fsp3) is 0.571. The van der Waals surface area contributed by atoms with Crippen molar-refractivity contribution in [1.29, 1.82) is 0 Å². The second-order valence-corrected chi connectivity index (χ2v) is 8.46. The molecule has 1 aliphatic heterocycles. The highest BCUT2D eigenvalue weighted by Gasteiger charge is 2.42. The quantitative estimate of drug-likeness (QED) is 0.912. The topological polar surface area (TPSA) is 57.6 Å². The molecule has 2 fully saturated rings.